The van der Waals surface area contributed by atoms with E-state index in [1.807, 2.05) is 134 Å². The molecule has 0 aliphatic heterocycles. The van der Waals surface area contributed by atoms with Gasteiger partial charge < -0.3 is 28.4 Å². The molecule has 6 aromatic carbocycles. The molecule has 3 aliphatic carbocycles. The number of ether oxygens (including phenoxy) is 6. The predicted octanol–water partition coefficient (Wildman–Crippen LogP) is 18.8. The van der Waals surface area contributed by atoms with Crippen molar-refractivity contribution < 1.29 is 42.8 Å². The second kappa shape index (κ2) is 30.7. The van der Waals surface area contributed by atoms with E-state index < -0.39 is 0 Å². The van der Waals surface area contributed by atoms with Crippen LogP contribution in [0.2, 0.25) is 10.0 Å². The standard InChI is InChI=1S/C22H20Br2O3.C22H20Cl2O3.C22H20I2O3/c3*1-26-21-16(8-4-10-18(21)23)12-14-6-3-7-15(20(14)25)13-17-9-5-11-19(24)22(17)27-2/h3*4-5,8-13H,3,6-7H2,1-2H3/b3*14-12+,15-13+. The van der Waals surface area contributed by atoms with E-state index >= 15 is 0 Å². The Morgan fingerprint density at radius 3 is 0.827 bits per heavy atom. The number of ketones is 3. The van der Waals surface area contributed by atoms with Crippen molar-refractivity contribution >= 4 is 154 Å². The van der Waals surface area contributed by atoms with Gasteiger partial charge >= 0.3 is 0 Å². The third-order valence-corrected chi connectivity index (χ3v) is 17.2. The third kappa shape index (κ3) is 16.0. The number of Topliss-reactive ketones (excluding diaryl/α,β-unsaturated/α-hetero) is 3. The first kappa shape index (κ1) is 63.2. The van der Waals surface area contributed by atoms with Gasteiger partial charge in [0.25, 0.3) is 0 Å². The third-order valence-electron chi connectivity index (χ3n) is 13.6. The predicted molar refractivity (Wildman–Crippen MR) is 353 cm³/mol. The maximum Gasteiger partial charge on any atom is 0.185 e. The number of carbonyl (C=O) groups excluding carboxylic acids is 3. The maximum atomic E-state index is 13.1. The van der Waals surface area contributed by atoms with E-state index in [2.05, 4.69) is 77.0 Å². The summed E-state index contributed by atoms with van der Waals surface area (Å²) in [7, 11) is 9.74. The van der Waals surface area contributed by atoms with Crippen molar-refractivity contribution in [2.45, 2.75) is 57.8 Å². The van der Waals surface area contributed by atoms with Crippen LogP contribution in [0.4, 0.5) is 0 Å². The lowest BCUT2D eigenvalue weighted by Crippen LogP contribution is -2.12. The van der Waals surface area contributed by atoms with Crippen LogP contribution in [0.1, 0.15) is 91.2 Å². The molecule has 3 aliphatic rings. The first-order chi connectivity index (χ1) is 39.1. The zero-order chi connectivity index (χ0) is 58.2. The SMILES string of the molecule is COc1c(Br)cccc1/C=C1\CCC/C(=C\c2cccc(Br)c2OC)C1=O.COc1c(Cl)cccc1/C=C1\CCC/C(=C\c2cccc(Cl)c2OC)C1=O.COc1c(I)cccc1/C=C1\CCC/C(=C\c2cccc(I)c2OC)C1=O. The number of allylic oxidation sites excluding steroid dienone is 6. The first-order valence-electron chi connectivity index (χ1n) is 26.0. The van der Waals surface area contributed by atoms with E-state index in [0.717, 1.165) is 164 Å². The van der Waals surface area contributed by atoms with E-state index in [1.165, 1.54) is 0 Å². The highest BCUT2D eigenvalue weighted by molar-refractivity contribution is 14.1. The average Bonchev–Trinajstić information content (AvgIpc) is 3.54. The van der Waals surface area contributed by atoms with Crippen molar-refractivity contribution in [2.75, 3.05) is 42.7 Å². The van der Waals surface area contributed by atoms with E-state index in [-0.39, 0.29) is 17.3 Å². The molecule has 0 atom stereocenters. The zero-order valence-electron chi connectivity index (χ0n) is 45.7. The van der Waals surface area contributed by atoms with Crippen molar-refractivity contribution in [1.29, 1.82) is 0 Å². The van der Waals surface area contributed by atoms with Gasteiger partial charge in [0, 0.05) is 66.8 Å². The van der Waals surface area contributed by atoms with Crippen molar-refractivity contribution in [3.8, 4) is 34.5 Å². The molecule has 0 unspecified atom stereocenters. The molecule has 0 heterocycles. The highest BCUT2D eigenvalue weighted by Gasteiger charge is 2.25. The maximum absolute atomic E-state index is 13.1. The molecule has 15 heteroatoms. The molecule has 0 bridgehead atoms. The fourth-order valence-electron chi connectivity index (χ4n) is 9.79. The first-order valence-corrected chi connectivity index (χ1v) is 30.5. The molecule has 0 amide bonds. The summed E-state index contributed by atoms with van der Waals surface area (Å²) in [6, 6.07) is 34.6. The molecule has 3 fully saturated rings. The molecule has 9 rings (SSSR count). The van der Waals surface area contributed by atoms with Crippen LogP contribution < -0.4 is 28.4 Å². The molecule has 0 spiro atoms. The van der Waals surface area contributed by atoms with Crippen LogP contribution in [0.5, 0.6) is 34.5 Å². The van der Waals surface area contributed by atoms with Crippen LogP contribution in [0, 0.1) is 7.14 Å². The summed E-state index contributed by atoms with van der Waals surface area (Å²) in [6.45, 7) is 0. The van der Waals surface area contributed by atoms with Gasteiger partial charge in [-0.05, 0) is 208 Å². The van der Waals surface area contributed by atoms with Crippen LogP contribution in [-0.2, 0) is 14.4 Å². The number of carbonyl (C=O) groups is 3. The minimum Gasteiger partial charge on any atom is -0.495 e. The van der Waals surface area contributed by atoms with Gasteiger partial charge in [-0.15, -0.1) is 0 Å². The van der Waals surface area contributed by atoms with Gasteiger partial charge in [0.1, 0.15) is 34.5 Å². The van der Waals surface area contributed by atoms with Gasteiger partial charge in [0.05, 0.1) is 68.8 Å². The lowest BCUT2D eigenvalue weighted by atomic mass is 9.86. The Labute approximate surface area is 529 Å². The van der Waals surface area contributed by atoms with E-state index in [0.29, 0.717) is 21.5 Å². The second-order valence-corrected chi connectivity index (χ2v) is 23.6. The minimum absolute atomic E-state index is 0.0327. The van der Waals surface area contributed by atoms with Crippen LogP contribution >= 0.6 is 100 Å². The average molecular weight is 1480 g/mol. The van der Waals surface area contributed by atoms with Gasteiger partial charge in [0.2, 0.25) is 0 Å². The summed E-state index contributed by atoms with van der Waals surface area (Å²) in [6.07, 6.45) is 18.9. The lowest BCUT2D eigenvalue weighted by molar-refractivity contribution is -0.113. The molecule has 81 heavy (non-hydrogen) atoms. The van der Waals surface area contributed by atoms with Crippen LogP contribution in [0.25, 0.3) is 36.5 Å². The number of benzene rings is 6. The Morgan fingerprint density at radius 2 is 0.568 bits per heavy atom. The molecule has 0 saturated heterocycles. The molecular weight excluding hydrogens is 1420 g/mol. The molecule has 0 aromatic heterocycles. The van der Waals surface area contributed by atoms with Gasteiger partial charge in [-0.1, -0.05) is 96.0 Å². The summed E-state index contributed by atoms with van der Waals surface area (Å²) in [5, 5.41) is 1.05. The fourth-order valence-corrected chi connectivity index (χ4v) is 12.9. The number of methoxy groups -OCH3 is 6. The van der Waals surface area contributed by atoms with Crippen molar-refractivity contribution in [3.05, 3.63) is 202 Å². The summed E-state index contributed by atoms with van der Waals surface area (Å²) in [4.78, 5) is 39.2. The molecule has 0 N–H and O–H groups in total. The van der Waals surface area contributed by atoms with Crippen molar-refractivity contribution in [2.24, 2.45) is 0 Å². The smallest absolute Gasteiger partial charge is 0.185 e. The summed E-state index contributed by atoms with van der Waals surface area (Å²) in [5.74, 6) is 4.49. The fraction of sp³-hybridized carbons (Fsp3) is 0.227. The molecule has 3 saturated carbocycles. The van der Waals surface area contributed by atoms with E-state index in [9.17, 15) is 14.4 Å². The number of para-hydroxylation sites is 6. The van der Waals surface area contributed by atoms with Gasteiger partial charge in [-0.3, -0.25) is 14.4 Å². The number of halogens is 6. The lowest BCUT2D eigenvalue weighted by Gasteiger charge is -2.18. The molecular formula is C66H60Br2Cl2I2O9. The molecule has 0 radical (unpaired) electrons. The number of rotatable bonds is 12. The molecule has 420 valence electrons. The Morgan fingerprint density at radius 1 is 0.346 bits per heavy atom. The van der Waals surface area contributed by atoms with E-state index in [4.69, 9.17) is 51.6 Å². The zero-order valence-corrected chi connectivity index (χ0v) is 54.7. The van der Waals surface area contributed by atoms with Crippen LogP contribution in [0.3, 0.4) is 0 Å². The Hall–Kier alpha value is -5.43. The summed E-state index contributed by atoms with van der Waals surface area (Å²) < 4.78 is 36.6. The number of hydrogen-bond donors (Lipinski definition) is 0. The Balaban J connectivity index is 0.000000175. The van der Waals surface area contributed by atoms with Crippen LogP contribution in [0.15, 0.2) is 152 Å². The number of hydrogen-bond acceptors (Lipinski definition) is 9. The van der Waals surface area contributed by atoms with E-state index in [1.54, 1.807) is 54.8 Å². The highest BCUT2D eigenvalue weighted by Crippen LogP contribution is 2.39. The molecule has 9 nitrogen and oxygen atoms in total. The van der Waals surface area contributed by atoms with Crippen molar-refractivity contribution in [1.82, 2.24) is 0 Å². The van der Waals surface area contributed by atoms with Crippen LogP contribution in [-0.4, -0.2) is 60.0 Å². The van der Waals surface area contributed by atoms with Crippen molar-refractivity contribution in [3.63, 3.8) is 0 Å². The normalized spacial score (nSPS) is 17.4. The van der Waals surface area contributed by atoms with Gasteiger partial charge in [0.15, 0.2) is 17.3 Å². The largest absolute Gasteiger partial charge is 0.495 e. The quantitative estimate of drug-likeness (QED) is 0.0874. The minimum atomic E-state index is 0.0327. The summed E-state index contributed by atoms with van der Waals surface area (Å²) in [5.41, 5.74) is 10.0. The molecule has 6 aromatic rings. The monoisotopic (exact) mass is 1480 g/mol. The highest BCUT2D eigenvalue weighted by atomic mass is 127. The second-order valence-electron chi connectivity index (χ2n) is 18.7. The Bertz CT molecular complexity index is 2940. The topological polar surface area (TPSA) is 107 Å². The Kier molecular flexibility index (Phi) is 24.0. The summed E-state index contributed by atoms with van der Waals surface area (Å²) >= 11 is 23.9. The van der Waals surface area contributed by atoms with Gasteiger partial charge in [-0.25, -0.2) is 0 Å². The van der Waals surface area contributed by atoms with Gasteiger partial charge in [-0.2, -0.15) is 0 Å².